The van der Waals surface area contributed by atoms with Crippen molar-refractivity contribution in [1.82, 2.24) is 0 Å². The first-order valence-electron chi connectivity index (χ1n) is 9.16. The molecule has 0 aliphatic heterocycles. The number of fused-ring (bicyclic) bond motifs is 3. The summed E-state index contributed by atoms with van der Waals surface area (Å²) in [6.07, 6.45) is 0. The molecule has 0 N–H and O–H groups in total. The molecule has 27 heavy (non-hydrogen) atoms. The molecule has 4 aromatic rings. The molecule has 0 saturated heterocycles. The third-order valence-electron chi connectivity index (χ3n) is 5.45. The van der Waals surface area contributed by atoms with Gasteiger partial charge in [0.2, 0.25) is 0 Å². The van der Waals surface area contributed by atoms with Crippen molar-refractivity contribution >= 4 is 42.4 Å². The fraction of sp³-hybridized carbons (Fsp3) is 0.0400. The monoisotopic (exact) mass is 470 g/mol. The molecule has 0 heterocycles. The van der Waals surface area contributed by atoms with E-state index in [-0.39, 0.29) is 0 Å². The Hall–Kier alpha value is -2.00. The van der Waals surface area contributed by atoms with Gasteiger partial charge in [-0.1, -0.05) is 0 Å². The first-order valence-corrected chi connectivity index (χ1v) is 11.6. The second-order valence-electron chi connectivity index (χ2n) is 7.08. The van der Waals surface area contributed by atoms with Gasteiger partial charge in [-0.3, -0.25) is 0 Å². The topological polar surface area (TPSA) is 0 Å². The van der Waals surface area contributed by atoms with E-state index in [1.807, 2.05) is 0 Å². The SMILES string of the molecule is [AsH2]c1ccc(-c2cccc3c2C(c2ccc([AsH2])cc2)c2ccccc2-3)cc1. The summed E-state index contributed by atoms with van der Waals surface area (Å²) < 4.78 is 2.73. The summed E-state index contributed by atoms with van der Waals surface area (Å²) in [5, 5.41) is 0. The summed E-state index contributed by atoms with van der Waals surface area (Å²) in [5.74, 6) is 0.297. The summed E-state index contributed by atoms with van der Waals surface area (Å²) >= 11 is 3.35. The molecule has 0 fully saturated rings. The van der Waals surface area contributed by atoms with E-state index in [1.165, 1.54) is 47.6 Å². The van der Waals surface area contributed by atoms with E-state index < -0.39 is 0 Å². The first-order chi connectivity index (χ1) is 13.2. The van der Waals surface area contributed by atoms with Crippen LogP contribution in [0.1, 0.15) is 22.6 Å². The Labute approximate surface area is 177 Å². The van der Waals surface area contributed by atoms with E-state index in [1.54, 1.807) is 33.7 Å². The van der Waals surface area contributed by atoms with Crippen molar-refractivity contribution in [3.05, 3.63) is 108 Å². The van der Waals surface area contributed by atoms with Crippen LogP contribution in [0.15, 0.2) is 91.0 Å². The van der Waals surface area contributed by atoms with Crippen LogP contribution in [0.4, 0.5) is 0 Å². The predicted molar refractivity (Wildman–Crippen MR) is 121 cm³/mol. The number of rotatable bonds is 2. The Balaban J connectivity index is 1.79. The van der Waals surface area contributed by atoms with Gasteiger partial charge in [-0.25, -0.2) is 0 Å². The summed E-state index contributed by atoms with van der Waals surface area (Å²) in [6.45, 7) is 0. The maximum absolute atomic E-state index is 2.31. The van der Waals surface area contributed by atoms with Crippen molar-refractivity contribution in [2.45, 2.75) is 5.92 Å². The average Bonchev–Trinajstić information content (AvgIpc) is 3.04. The molecule has 3 unspecified atom stereocenters. The molecule has 0 radical (unpaired) electrons. The third kappa shape index (κ3) is 2.93. The Morgan fingerprint density at radius 1 is 0.519 bits per heavy atom. The Morgan fingerprint density at radius 3 is 1.85 bits per heavy atom. The molecule has 0 nitrogen and oxygen atoms in total. The van der Waals surface area contributed by atoms with Crippen molar-refractivity contribution in [1.29, 1.82) is 0 Å². The van der Waals surface area contributed by atoms with Crippen LogP contribution in [-0.2, 0) is 0 Å². The van der Waals surface area contributed by atoms with E-state index in [9.17, 15) is 0 Å². The fourth-order valence-electron chi connectivity index (χ4n) is 4.21. The van der Waals surface area contributed by atoms with Crippen LogP contribution in [0.5, 0.6) is 0 Å². The molecule has 0 amide bonds. The van der Waals surface area contributed by atoms with E-state index in [0.29, 0.717) is 5.92 Å². The van der Waals surface area contributed by atoms with E-state index >= 15 is 0 Å². The van der Waals surface area contributed by atoms with Crippen LogP contribution in [0.2, 0.25) is 0 Å². The fourth-order valence-corrected chi connectivity index (χ4v) is 5.02. The molecule has 2 heteroatoms. The molecule has 0 aromatic heterocycles. The Bertz CT molecular complexity index is 1130. The molecule has 4 aromatic carbocycles. The minimum atomic E-state index is 0.297. The Morgan fingerprint density at radius 2 is 1.11 bits per heavy atom. The molecule has 5 rings (SSSR count). The van der Waals surface area contributed by atoms with Gasteiger partial charge in [0.1, 0.15) is 0 Å². The third-order valence-corrected chi connectivity index (χ3v) is 7.06. The van der Waals surface area contributed by atoms with Crippen LogP contribution in [0.3, 0.4) is 0 Å². The Kier molecular flexibility index (Phi) is 4.35. The van der Waals surface area contributed by atoms with Gasteiger partial charge in [0, 0.05) is 0 Å². The van der Waals surface area contributed by atoms with Gasteiger partial charge in [0.25, 0.3) is 0 Å². The predicted octanol–water partition coefficient (Wildman–Crippen LogP) is 3.03. The molecular weight excluding hydrogens is 450 g/mol. The van der Waals surface area contributed by atoms with Gasteiger partial charge < -0.3 is 0 Å². The molecular formula is C25H20As2. The standard InChI is InChI=1S/C25H20As2/c26-18-12-8-16(9-13-18)20-6-3-7-23-21-4-1-2-5-22(21)24(25(20)23)17-10-14-19(27)15-11-17/h1-15,24H,26-27H2. The number of hydrogen-bond acceptors (Lipinski definition) is 0. The second-order valence-corrected chi connectivity index (χ2v) is 9.87. The molecule has 130 valence electrons. The average molecular weight is 470 g/mol. The van der Waals surface area contributed by atoms with Crippen LogP contribution in [0, 0.1) is 0 Å². The zero-order valence-corrected chi connectivity index (χ0v) is 19.7. The molecule has 0 spiro atoms. The molecule has 3 atom stereocenters. The van der Waals surface area contributed by atoms with Crippen molar-refractivity contribution in [2.75, 3.05) is 0 Å². The van der Waals surface area contributed by atoms with Gasteiger partial charge >= 0.3 is 178 Å². The number of hydrogen-bond donors (Lipinski definition) is 0. The van der Waals surface area contributed by atoms with Crippen LogP contribution in [0.25, 0.3) is 22.3 Å². The summed E-state index contributed by atoms with van der Waals surface area (Å²) in [5.41, 5.74) is 9.66. The molecule has 1 aliphatic rings. The van der Waals surface area contributed by atoms with Crippen molar-refractivity contribution in [3.8, 4) is 22.3 Å². The van der Waals surface area contributed by atoms with Crippen molar-refractivity contribution in [2.24, 2.45) is 0 Å². The van der Waals surface area contributed by atoms with Crippen LogP contribution < -0.4 is 8.70 Å². The summed E-state index contributed by atoms with van der Waals surface area (Å²) in [4.78, 5) is 0. The first kappa shape index (κ1) is 17.1. The van der Waals surface area contributed by atoms with Gasteiger partial charge in [-0.2, -0.15) is 0 Å². The summed E-state index contributed by atoms with van der Waals surface area (Å²) in [6, 6.07) is 33.8. The summed E-state index contributed by atoms with van der Waals surface area (Å²) in [7, 11) is 0. The molecule has 0 saturated carbocycles. The van der Waals surface area contributed by atoms with Gasteiger partial charge in [-0.15, -0.1) is 0 Å². The van der Waals surface area contributed by atoms with Gasteiger partial charge in [-0.05, 0) is 0 Å². The molecule has 1 aliphatic carbocycles. The van der Waals surface area contributed by atoms with Gasteiger partial charge in [0.05, 0.1) is 0 Å². The van der Waals surface area contributed by atoms with Gasteiger partial charge in [0.15, 0.2) is 0 Å². The van der Waals surface area contributed by atoms with E-state index in [0.717, 1.165) is 0 Å². The zero-order valence-electron chi connectivity index (χ0n) is 14.9. The second kappa shape index (κ2) is 6.86. The van der Waals surface area contributed by atoms with Crippen molar-refractivity contribution in [3.63, 3.8) is 0 Å². The minimum absolute atomic E-state index is 0.297. The van der Waals surface area contributed by atoms with Crippen LogP contribution >= 0.6 is 0 Å². The van der Waals surface area contributed by atoms with Crippen LogP contribution in [-0.4, -0.2) is 33.7 Å². The van der Waals surface area contributed by atoms with Crippen molar-refractivity contribution < 1.29 is 0 Å². The maximum atomic E-state index is 2.31. The van der Waals surface area contributed by atoms with E-state index in [4.69, 9.17) is 0 Å². The molecule has 0 bridgehead atoms. The normalized spacial score (nSPS) is 14.7. The quantitative estimate of drug-likeness (QED) is 0.348. The van der Waals surface area contributed by atoms with E-state index in [2.05, 4.69) is 91.0 Å². The number of benzene rings is 4. The zero-order chi connectivity index (χ0) is 18.4.